The van der Waals surface area contributed by atoms with Gasteiger partial charge in [0.25, 0.3) is 0 Å². The fraction of sp³-hybridized carbons (Fsp3) is 0.480. The number of benzene rings is 2. The Hall–Kier alpha value is -1.74. The van der Waals surface area contributed by atoms with Crippen LogP contribution in [0.3, 0.4) is 0 Å². The van der Waals surface area contributed by atoms with E-state index in [0.717, 1.165) is 25.1 Å². The third-order valence-corrected chi connectivity index (χ3v) is 6.82. The predicted molar refractivity (Wildman–Crippen MR) is 120 cm³/mol. The predicted octanol–water partition coefficient (Wildman–Crippen LogP) is 6.45. The van der Waals surface area contributed by atoms with Gasteiger partial charge >= 0.3 is 0 Å². The number of β-lactam (4-membered cyclic amide) rings is 1. The number of aryl methyl sites for hydroxylation is 1. The lowest BCUT2D eigenvalue weighted by Gasteiger charge is -2.40. The fourth-order valence-corrected chi connectivity index (χ4v) is 4.99. The van der Waals surface area contributed by atoms with E-state index in [1.165, 1.54) is 56.1 Å². The largest absolute Gasteiger partial charge is 0.330 e. The normalized spacial score (nSPS) is 16.2. The van der Waals surface area contributed by atoms with E-state index >= 15 is 0 Å². The first-order valence-electron chi connectivity index (χ1n) is 10.8. The highest BCUT2D eigenvalue weighted by Gasteiger charge is 2.35. The van der Waals surface area contributed by atoms with Gasteiger partial charge in [-0.05, 0) is 30.4 Å². The molecule has 1 heterocycles. The number of hydrogen-bond acceptors (Lipinski definition) is 2. The lowest BCUT2D eigenvalue weighted by Crippen LogP contribution is -2.51. The topological polar surface area (TPSA) is 20.3 Å². The molecule has 0 saturated carbocycles. The first-order valence-corrected chi connectivity index (χ1v) is 11.9. The summed E-state index contributed by atoms with van der Waals surface area (Å²) in [5.41, 5.74) is 2.81. The molecule has 2 aromatic rings. The Bertz CT molecular complexity index is 688. The van der Waals surface area contributed by atoms with Crippen LogP contribution in [0, 0.1) is 0 Å². The van der Waals surface area contributed by atoms with Crippen LogP contribution in [0.1, 0.15) is 62.5 Å². The van der Waals surface area contributed by atoms with Crippen LogP contribution in [0.2, 0.25) is 0 Å². The van der Waals surface area contributed by atoms with Crippen LogP contribution in [0.5, 0.6) is 0 Å². The van der Waals surface area contributed by atoms with Gasteiger partial charge in [-0.15, -0.1) is 11.8 Å². The number of hydrogen-bond donors (Lipinski definition) is 0. The highest BCUT2D eigenvalue weighted by atomic mass is 32.2. The van der Waals surface area contributed by atoms with E-state index < -0.39 is 0 Å². The molecule has 2 nitrogen and oxygen atoms in total. The van der Waals surface area contributed by atoms with Crippen LogP contribution in [-0.2, 0) is 17.0 Å². The van der Waals surface area contributed by atoms with Gasteiger partial charge in [0.05, 0.1) is 11.8 Å². The van der Waals surface area contributed by atoms with Crippen molar-refractivity contribution in [1.82, 2.24) is 4.90 Å². The third-order valence-electron chi connectivity index (χ3n) is 5.51. The Kier molecular flexibility index (Phi) is 8.96. The molecule has 1 fully saturated rings. The fourth-order valence-electron chi connectivity index (χ4n) is 3.75. The molecule has 1 amide bonds. The van der Waals surface area contributed by atoms with Crippen LogP contribution in [0.25, 0.3) is 0 Å². The Morgan fingerprint density at radius 1 is 0.750 bits per heavy atom. The average molecular weight is 396 g/mol. The van der Waals surface area contributed by atoms with Crippen molar-refractivity contribution in [3.8, 4) is 0 Å². The van der Waals surface area contributed by atoms with Gasteiger partial charge in [0.15, 0.2) is 0 Å². The third kappa shape index (κ3) is 7.01. The van der Waals surface area contributed by atoms with Crippen LogP contribution >= 0.6 is 11.8 Å². The van der Waals surface area contributed by atoms with Crippen molar-refractivity contribution in [1.29, 1.82) is 0 Å². The van der Waals surface area contributed by atoms with Gasteiger partial charge in [-0.1, -0.05) is 92.8 Å². The molecular formula is C25H33NOS. The second kappa shape index (κ2) is 12.0. The molecule has 1 saturated heterocycles. The summed E-state index contributed by atoms with van der Waals surface area (Å²) in [5.74, 6) is 1.34. The number of nitrogens with zero attached hydrogens (tertiary/aromatic N) is 1. The van der Waals surface area contributed by atoms with E-state index in [4.69, 9.17) is 0 Å². The van der Waals surface area contributed by atoms with E-state index in [1.54, 1.807) is 0 Å². The van der Waals surface area contributed by atoms with Gasteiger partial charge in [0.2, 0.25) is 5.91 Å². The minimum atomic E-state index is 0.339. The highest BCUT2D eigenvalue weighted by Crippen LogP contribution is 2.32. The summed E-state index contributed by atoms with van der Waals surface area (Å²) < 4.78 is 0. The lowest BCUT2D eigenvalue weighted by molar-refractivity contribution is -0.141. The molecule has 1 unspecified atom stereocenters. The second-order valence-electron chi connectivity index (χ2n) is 7.75. The van der Waals surface area contributed by atoms with E-state index in [2.05, 4.69) is 65.6 Å². The molecule has 1 aliphatic rings. The monoisotopic (exact) mass is 395 g/mol. The minimum Gasteiger partial charge on any atom is -0.330 e. The van der Waals surface area contributed by atoms with Crippen molar-refractivity contribution in [2.45, 2.75) is 68.9 Å². The summed E-state index contributed by atoms with van der Waals surface area (Å²) in [4.78, 5) is 14.0. The van der Waals surface area contributed by atoms with Crippen LogP contribution in [-0.4, -0.2) is 22.7 Å². The number of carbonyl (C=O) groups is 1. The minimum absolute atomic E-state index is 0.339. The van der Waals surface area contributed by atoms with Gasteiger partial charge in [-0.25, -0.2) is 0 Å². The number of thioether (sulfide) groups is 1. The molecule has 0 aromatic heterocycles. The maximum Gasteiger partial charge on any atom is 0.226 e. The van der Waals surface area contributed by atoms with Crippen molar-refractivity contribution in [3.63, 3.8) is 0 Å². The van der Waals surface area contributed by atoms with Gasteiger partial charge in [0.1, 0.15) is 0 Å². The first kappa shape index (κ1) is 21.0. The summed E-state index contributed by atoms with van der Waals surface area (Å²) in [6, 6.07) is 21.3. The summed E-state index contributed by atoms with van der Waals surface area (Å²) in [6.45, 7) is 0.944. The summed E-state index contributed by atoms with van der Waals surface area (Å²) in [7, 11) is 0. The Morgan fingerprint density at radius 3 is 1.96 bits per heavy atom. The first-order chi connectivity index (χ1) is 13.8. The van der Waals surface area contributed by atoms with E-state index in [9.17, 15) is 4.79 Å². The number of likely N-dealkylation sites (tertiary alicyclic amines) is 1. The van der Waals surface area contributed by atoms with Gasteiger partial charge in [0, 0.05) is 12.3 Å². The molecule has 3 rings (SSSR count). The highest BCUT2D eigenvalue weighted by molar-refractivity contribution is 7.99. The molecule has 28 heavy (non-hydrogen) atoms. The van der Waals surface area contributed by atoms with Gasteiger partial charge < -0.3 is 4.90 Å². The molecule has 1 aliphatic heterocycles. The van der Waals surface area contributed by atoms with E-state index in [1.807, 2.05) is 11.8 Å². The van der Waals surface area contributed by atoms with E-state index in [-0.39, 0.29) is 0 Å². The van der Waals surface area contributed by atoms with Crippen molar-refractivity contribution >= 4 is 17.7 Å². The van der Waals surface area contributed by atoms with Crippen LogP contribution < -0.4 is 0 Å². The molecule has 0 bridgehead atoms. The summed E-state index contributed by atoms with van der Waals surface area (Å²) in [5, 5.41) is 0.394. The van der Waals surface area contributed by atoms with Gasteiger partial charge in [-0.2, -0.15) is 0 Å². The molecule has 1 atom stereocenters. The maximum atomic E-state index is 11.9. The quantitative estimate of drug-likeness (QED) is 0.287. The molecule has 0 radical (unpaired) electrons. The molecule has 3 heteroatoms. The zero-order valence-electron chi connectivity index (χ0n) is 16.9. The van der Waals surface area contributed by atoms with Crippen molar-refractivity contribution in [3.05, 3.63) is 71.8 Å². The zero-order chi connectivity index (χ0) is 19.4. The standard InChI is InChI=1S/C25H33NOS/c27-24-20-25(28-21-23-17-11-7-12-18-23)26(24)19-13-5-3-1-2-4-8-14-22-15-9-6-10-16-22/h6-7,9-12,15-18,25H,1-5,8,13-14,19-21H2. The van der Waals surface area contributed by atoms with Gasteiger partial charge in [-0.3, -0.25) is 4.79 Å². The zero-order valence-corrected chi connectivity index (χ0v) is 17.7. The number of rotatable bonds is 13. The van der Waals surface area contributed by atoms with Crippen LogP contribution in [0.15, 0.2) is 60.7 Å². The van der Waals surface area contributed by atoms with E-state index in [0.29, 0.717) is 11.3 Å². The SMILES string of the molecule is O=C1CC(SCc2ccccc2)N1CCCCCCCCCc1ccccc1. The molecule has 0 spiro atoms. The lowest BCUT2D eigenvalue weighted by atomic mass is 10.0. The summed E-state index contributed by atoms with van der Waals surface area (Å²) >= 11 is 1.91. The smallest absolute Gasteiger partial charge is 0.226 e. The molecule has 150 valence electrons. The van der Waals surface area contributed by atoms with Crippen LogP contribution in [0.4, 0.5) is 0 Å². The van der Waals surface area contributed by atoms with Crippen molar-refractivity contribution < 1.29 is 4.79 Å². The molecular weight excluding hydrogens is 362 g/mol. The average Bonchev–Trinajstić information content (AvgIpc) is 2.73. The second-order valence-corrected chi connectivity index (χ2v) is 8.92. The van der Waals surface area contributed by atoms with Crippen molar-refractivity contribution in [2.24, 2.45) is 0 Å². The Balaban J connectivity index is 1.18. The van der Waals surface area contributed by atoms with Crippen molar-refractivity contribution in [2.75, 3.05) is 6.54 Å². The molecule has 2 aromatic carbocycles. The number of carbonyl (C=O) groups excluding carboxylic acids is 1. The molecule has 0 N–H and O–H groups in total. The maximum absolute atomic E-state index is 11.9. The number of unbranched alkanes of at least 4 members (excludes halogenated alkanes) is 6. The summed E-state index contributed by atoms with van der Waals surface area (Å²) in [6.07, 6.45) is 10.9. The Morgan fingerprint density at radius 2 is 1.32 bits per heavy atom. The molecule has 0 aliphatic carbocycles. The number of amides is 1. The Labute approximate surface area is 174 Å².